The first-order valence-corrected chi connectivity index (χ1v) is 11.2. The molecule has 1 amide bonds. The largest absolute Gasteiger partial charge is 0.349 e. The van der Waals surface area contributed by atoms with Crippen molar-refractivity contribution in [2.24, 2.45) is 0 Å². The standard InChI is InChI=1S/C21H27FN2O3S/c1-4-19(17-13-11-16(2)12-14-17)23-21(25)10-7-15-24(28(3,26)27)20-9-6-5-8-18(20)22/h5-6,8-9,11-14,19H,4,7,10,15H2,1-3H3,(H,23,25)/t19-/m0/s1. The van der Waals surface area contributed by atoms with Gasteiger partial charge in [0.25, 0.3) is 0 Å². The Morgan fingerprint density at radius 2 is 1.79 bits per heavy atom. The smallest absolute Gasteiger partial charge is 0.232 e. The molecule has 152 valence electrons. The molecule has 0 aliphatic rings. The molecule has 2 aromatic carbocycles. The third-order valence-corrected chi connectivity index (χ3v) is 5.69. The first-order valence-electron chi connectivity index (χ1n) is 9.30. The Bertz CT molecular complexity index is 898. The Labute approximate surface area is 166 Å². The van der Waals surface area contributed by atoms with Crippen LogP contribution in [0.4, 0.5) is 10.1 Å². The van der Waals surface area contributed by atoms with E-state index >= 15 is 0 Å². The maximum Gasteiger partial charge on any atom is 0.232 e. The lowest BCUT2D eigenvalue weighted by atomic mass is 10.0. The van der Waals surface area contributed by atoms with Gasteiger partial charge in [0, 0.05) is 13.0 Å². The summed E-state index contributed by atoms with van der Waals surface area (Å²) >= 11 is 0. The van der Waals surface area contributed by atoms with Gasteiger partial charge in [0.1, 0.15) is 5.82 Å². The highest BCUT2D eigenvalue weighted by Gasteiger charge is 2.21. The van der Waals surface area contributed by atoms with Crippen LogP contribution in [0.3, 0.4) is 0 Å². The van der Waals surface area contributed by atoms with Gasteiger partial charge in [-0.05, 0) is 37.5 Å². The third kappa shape index (κ3) is 6.05. The minimum atomic E-state index is -3.65. The van der Waals surface area contributed by atoms with E-state index in [1.54, 1.807) is 6.07 Å². The van der Waals surface area contributed by atoms with Crippen LogP contribution < -0.4 is 9.62 Å². The Morgan fingerprint density at radius 3 is 2.36 bits per heavy atom. The van der Waals surface area contributed by atoms with Crippen molar-refractivity contribution >= 4 is 21.6 Å². The van der Waals surface area contributed by atoms with Gasteiger partial charge in [0.15, 0.2) is 0 Å². The quantitative estimate of drug-likeness (QED) is 0.686. The summed E-state index contributed by atoms with van der Waals surface area (Å²) < 4.78 is 39.1. The fourth-order valence-electron chi connectivity index (χ4n) is 2.99. The molecule has 0 aliphatic heterocycles. The monoisotopic (exact) mass is 406 g/mol. The number of nitrogens with one attached hydrogen (secondary N) is 1. The van der Waals surface area contributed by atoms with E-state index in [0.29, 0.717) is 0 Å². The van der Waals surface area contributed by atoms with Crippen LogP contribution in [0.1, 0.15) is 43.4 Å². The molecule has 2 aromatic rings. The minimum Gasteiger partial charge on any atom is -0.349 e. The normalized spacial score (nSPS) is 12.4. The summed E-state index contributed by atoms with van der Waals surface area (Å²) in [4.78, 5) is 12.3. The molecule has 0 bridgehead atoms. The number of halogens is 1. The van der Waals surface area contributed by atoms with Gasteiger partial charge < -0.3 is 5.32 Å². The zero-order chi connectivity index (χ0) is 20.7. The number of benzene rings is 2. The summed E-state index contributed by atoms with van der Waals surface area (Å²) in [6, 6.07) is 13.6. The second-order valence-corrected chi connectivity index (χ2v) is 8.74. The SMILES string of the molecule is CC[C@H](NC(=O)CCCN(c1ccccc1F)S(C)(=O)=O)c1ccc(C)cc1. The lowest BCUT2D eigenvalue weighted by Gasteiger charge is -2.23. The molecule has 5 nitrogen and oxygen atoms in total. The number of hydrogen-bond donors (Lipinski definition) is 1. The Morgan fingerprint density at radius 1 is 1.14 bits per heavy atom. The number of carbonyl (C=O) groups excluding carboxylic acids is 1. The highest BCUT2D eigenvalue weighted by Crippen LogP contribution is 2.22. The number of amides is 1. The number of sulfonamides is 1. The van der Waals surface area contributed by atoms with Crippen molar-refractivity contribution in [3.8, 4) is 0 Å². The van der Waals surface area contributed by atoms with Crippen LogP contribution in [-0.2, 0) is 14.8 Å². The summed E-state index contributed by atoms with van der Waals surface area (Å²) in [6.45, 7) is 4.04. The lowest BCUT2D eigenvalue weighted by Crippen LogP contribution is -2.33. The second-order valence-electron chi connectivity index (χ2n) is 6.83. The van der Waals surface area contributed by atoms with Crippen LogP contribution in [0.25, 0.3) is 0 Å². The van der Waals surface area contributed by atoms with Gasteiger partial charge in [-0.15, -0.1) is 0 Å². The fraction of sp³-hybridized carbons (Fsp3) is 0.381. The molecule has 7 heteroatoms. The van der Waals surface area contributed by atoms with Gasteiger partial charge in [0.2, 0.25) is 15.9 Å². The zero-order valence-corrected chi connectivity index (χ0v) is 17.3. The number of hydrogen-bond acceptors (Lipinski definition) is 3. The van der Waals surface area contributed by atoms with E-state index < -0.39 is 15.8 Å². The van der Waals surface area contributed by atoms with Crippen molar-refractivity contribution in [1.82, 2.24) is 5.32 Å². The number of carbonyl (C=O) groups is 1. The van der Waals surface area contributed by atoms with Gasteiger partial charge >= 0.3 is 0 Å². The third-order valence-electron chi connectivity index (χ3n) is 4.51. The van der Waals surface area contributed by atoms with E-state index in [0.717, 1.165) is 28.1 Å². The van der Waals surface area contributed by atoms with Crippen LogP contribution >= 0.6 is 0 Å². The second kappa shape index (κ2) is 9.68. The fourth-order valence-corrected chi connectivity index (χ4v) is 3.95. The molecule has 0 unspecified atom stereocenters. The van der Waals surface area contributed by atoms with Crippen molar-refractivity contribution in [1.29, 1.82) is 0 Å². The zero-order valence-electron chi connectivity index (χ0n) is 16.5. The highest BCUT2D eigenvalue weighted by molar-refractivity contribution is 7.92. The predicted octanol–water partition coefficient (Wildman–Crippen LogP) is 3.95. The molecule has 28 heavy (non-hydrogen) atoms. The molecule has 0 aliphatic carbocycles. The van der Waals surface area contributed by atoms with Gasteiger partial charge in [-0.3, -0.25) is 9.10 Å². The van der Waals surface area contributed by atoms with Crippen LogP contribution in [0.15, 0.2) is 48.5 Å². The summed E-state index contributed by atoms with van der Waals surface area (Å²) in [5, 5.41) is 2.99. The molecule has 0 heterocycles. The summed E-state index contributed by atoms with van der Waals surface area (Å²) in [5.74, 6) is -0.766. The highest BCUT2D eigenvalue weighted by atomic mass is 32.2. The summed E-state index contributed by atoms with van der Waals surface area (Å²) in [5.41, 5.74) is 2.18. The maximum absolute atomic E-state index is 14.0. The van der Waals surface area contributed by atoms with Crippen molar-refractivity contribution < 1.29 is 17.6 Å². The van der Waals surface area contributed by atoms with Crippen LogP contribution in [0.5, 0.6) is 0 Å². The van der Waals surface area contributed by atoms with E-state index in [1.807, 2.05) is 38.1 Å². The number of nitrogens with zero attached hydrogens (tertiary/aromatic N) is 1. The first kappa shape index (κ1) is 21.9. The van der Waals surface area contributed by atoms with Crippen molar-refractivity contribution in [3.05, 3.63) is 65.5 Å². The number of para-hydroxylation sites is 1. The van der Waals surface area contributed by atoms with Gasteiger partial charge in [0.05, 0.1) is 18.0 Å². The molecule has 0 saturated heterocycles. The maximum atomic E-state index is 14.0. The molecule has 0 spiro atoms. The average molecular weight is 407 g/mol. The van der Waals surface area contributed by atoms with E-state index in [4.69, 9.17) is 0 Å². The molecule has 0 fully saturated rings. The molecule has 2 rings (SSSR count). The molecule has 1 N–H and O–H groups in total. The van der Waals surface area contributed by atoms with E-state index in [9.17, 15) is 17.6 Å². The van der Waals surface area contributed by atoms with Crippen molar-refractivity contribution in [3.63, 3.8) is 0 Å². The molecule has 1 atom stereocenters. The average Bonchev–Trinajstić information content (AvgIpc) is 2.64. The van der Waals surface area contributed by atoms with Crippen LogP contribution in [0.2, 0.25) is 0 Å². The van der Waals surface area contributed by atoms with Gasteiger partial charge in [-0.25, -0.2) is 12.8 Å². The minimum absolute atomic E-state index is 0.00324. The molecule has 0 saturated carbocycles. The van der Waals surface area contributed by atoms with Crippen LogP contribution in [0, 0.1) is 12.7 Å². The summed E-state index contributed by atoms with van der Waals surface area (Å²) in [6.07, 6.45) is 2.23. The number of aryl methyl sites for hydroxylation is 1. The van der Waals surface area contributed by atoms with Crippen molar-refractivity contribution in [2.75, 3.05) is 17.1 Å². The number of rotatable bonds is 9. The first-order chi connectivity index (χ1) is 13.2. The van der Waals surface area contributed by atoms with E-state index in [-0.39, 0.29) is 37.0 Å². The molecule has 0 aromatic heterocycles. The Balaban J connectivity index is 1.97. The van der Waals surface area contributed by atoms with E-state index in [1.165, 1.54) is 18.2 Å². The topological polar surface area (TPSA) is 66.5 Å². The van der Waals surface area contributed by atoms with E-state index in [2.05, 4.69) is 5.32 Å². The molecular formula is C21H27FN2O3S. The van der Waals surface area contributed by atoms with Crippen molar-refractivity contribution in [2.45, 2.75) is 39.2 Å². The van der Waals surface area contributed by atoms with Crippen LogP contribution in [-0.4, -0.2) is 27.1 Å². The van der Waals surface area contributed by atoms with Gasteiger partial charge in [-0.1, -0.05) is 48.9 Å². The molecular weight excluding hydrogens is 379 g/mol. The summed E-state index contributed by atoms with van der Waals surface area (Å²) in [7, 11) is -3.65. The number of anilines is 1. The Kier molecular flexibility index (Phi) is 7.57. The Hall–Kier alpha value is -2.41. The van der Waals surface area contributed by atoms with Gasteiger partial charge in [-0.2, -0.15) is 0 Å². The molecule has 0 radical (unpaired) electrons. The lowest BCUT2D eigenvalue weighted by molar-refractivity contribution is -0.121. The predicted molar refractivity (Wildman–Crippen MR) is 110 cm³/mol.